The van der Waals surface area contributed by atoms with Crippen LogP contribution in [0.2, 0.25) is 0 Å². The van der Waals surface area contributed by atoms with Gasteiger partial charge in [0.2, 0.25) is 27.7 Å². The number of fused-ring (bicyclic) bond motifs is 3. The molecule has 1 saturated heterocycles. The van der Waals surface area contributed by atoms with Crippen LogP contribution in [0.25, 0.3) is 22.0 Å². The zero-order chi connectivity index (χ0) is 47.9. The summed E-state index contributed by atoms with van der Waals surface area (Å²) in [7, 11) is -2.54. The molecule has 1 aromatic heterocycles. The Kier molecular flexibility index (Phi) is 13.8. The molecule has 3 N–H and O–H groups in total. The third-order valence-electron chi connectivity index (χ3n) is 12.5. The third-order valence-corrected chi connectivity index (χ3v) is 14.3. The zero-order valence-electron chi connectivity index (χ0n) is 37.4. The SMILES string of the molecule is COc1ccc2c(O[C@@H]3C[C@H]4C(=O)N[C@]5(C(=O)NS(=O)(=O)C6CC6)C[C@H]5/C=C\CC[C@@H](C)C[C@@H](C)[C@H](NC(=O)O[C@H](C)C(F)(F)F)C(=O)N4C3)nc(-c3ccc(OC(C)C)c(F)c3)cc2c1. The number of ether oxygens (including phenoxy) is 4. The maximum absolute atomic E-state index is 15.3. The summed E-state index contributed by atoms with van der Waals surface area (Å²) in [5.41, 5.74) is -1.02. The minimum atomic E-state index is -4.89. The monoisotopic (exact) mass is 945 g/mol. The van der Waals surface area contributed by atoms with E-state index >= 15 is 4.39 Å². The normalized spacial score (nSPS) is 27.0. The van der Waals surface area contributed by atoms with Crippen molar-refractivity contribution in [3.8, 4) is 28.6 Å². The molecule has 358 valence electrons. The first kappa shape index (κ1) is 48.3. The van der Waals surface area contributed by atoms with Gasteiger partial charge in [-0.25, -0.2) is 22.6 Å². The average Bonchev–Trinajstić information content (AvgIpc) is 4.17. The number of aromatic nitrogens is 1. The van der Waals surface area contributed by atoms with Crippen LogP contribution in [0.4, 0.5) is 22.4 Å². The fraction of sp³-hybridized carbons (Fsp3) is 0.543. The van der Waals surface area contributed by atoms with Crippen LogP contribution in [-0.2, 0) is 29.1 Å². The Morgan fingerprint density at radius 3 is 2.42 bits per heavy atom. The second kappa shape index (κ2) is 18.9. The topological polar surface area (TPSA) is 192 Å². The molecule has 3 heterocycles. The molecule has 8 atom stereocenters. The Labute approximate surface area is 380 Å². The Hall–Kier alpha value is -5.66. The molecule has 2 saturated carbocycles. The number of benzene rings is 2. The quantitative estimate of drug-likeness (QED) is 0.137. The molecule has 0 radical (unpaired) electrons. The first-order valence-corrected chi connectivity index (χ1v) is 23.6. The van der Waals surface area contributed by atoms with E-state index in [1.54, 1.807) is 57.2 Å². The Bertz CT molecular complexity index is 2500. The van der Waals surface area contributed by atoms with Crippen molar-refractivity contribution in [1.82, 2.24) is 25.2 Å². The van der Waals surface area contributed by atoms with Crippen LogP contribution in [0.3, 0.4) is 0 Å². The van der Waals surface area contributed by atoms with Crippen molar-refractivity contribution >= 4 is 44.6 Å². The van der Waals surface area contributed by atoms with Crippen molar-refractivity contribution in [2.45, 2.75) is 127 Å². The molecular weight excluding hydrogens is 891 g/mol. The number of alkyl carbamates (subject to hydrolysis) is 1. The molecule has 2 aromatic carbocycles. The van der Waals surface area contributed by atoms with E-state index in [1.165, 1.54) is 19.2 Å². The number of allylic oxidation sites excluding steroid dienone is 1. The van der Waals surface area contributed by atoms with Gasteiger partial charge in [-0.15, -0.1) is 0 Å². The van der Waals surface area contributed by atoms with Crippen molar-refractivity contribution in [3.05, 3.63) is 60.4 Å². The number of carbonyl (C=O) groups excluding carboxylic acids is 4. The average molecular weight is 946 g/mol. The lowest BCUT2D eigenvalue weighted by Gasteiger charge is -2.33. The number of halogens is 4. The summed E-state index contributed by atoms with van der Waals surface area (Å²) >= 11 is 0. The number of alkyl halides is 3. The van der Waals surface area contributed by atoms with E-state index in [-0.39, 0.29) is 43.0 Å². The van der Waals surface area contributed by atoms with Gasteiger partial charge in [-0.2, -0.15) is 13.2 Å². The lowest BCUT2D eigenvalue weighted by atomic mass is 9.88. The highest BCUT2D eigenvalue weighted by atomic mass is 32.2. The second-order valence-corrected chi connectivity index (χ2v) is 20.1. The number of nitrogens with zero attached hydrogens (tertiary/aromatic N) is 2. The molecule has 66 heavy (non-hydrogen) atoms. The Morgan fingerprint density at radius 1 is 1.02 bits per heavy atom. The summed E-state index contributed by atoms with van der Waals surface area (Å²) in [5, 5.41) is 5.48. The third kappa shape index (κ3) is 10.8. The van der Waals surface area contributed by atoms with Gasteiger partial charge in [0.05, 0.1) is 30.7 Å². The van der Waals surface area contributed by atoms with E-state index in [2.05, 4.69) is 20.1 Å². The van der Waals surface area contributed by atoms with Gasteiger partial charge in [-0.3, -0.25) is 19.1 Å². The second-order valence-electron chi connectivity index (χ2n) is 18.2. The van der Waals surface area contributed by atoms with Gasteiger partial charge in [0, 0.05) is 23.3 Å². The number of methoxy groups -OCH3 is 1. The number of rotatable bonds is 11. The van der Waals surface area contributed by atoms with Crippen molar-refractivity contribution in [1.29, 1.82) is 0 Å². The minimum Gasteiger partial charge on any atom is -0.497 e. The van der Waals surface area contributed by atoms with Crippen LogP contribution >= 0.6 is 0 Å². The first-order chi connectivity index (χ1) is 31.1. The highest BCUT2D eigenvalue weighted by Gasteiger charge is 2.62. The van der Waals surface area contributed by atoms with Gasteiger partial charge in [-0.05, 0) is 119 Å². The van der Waals surface area contributed by atoms with Gasteiger partial charge < -0.3 is 34.5 Å². The molecule has 15 nitrogen and oxygen atoms in total. The highest BCUT2D eigenvalue weighted by molar-refractivity contribution is 7.91. The van der Waals surface area contributed by atoms with Crippen LogP contribution in [0, 0.1) is 23.6 Å². The van der Waals surface area contributed by atoms with E-state index in [1.807, 2.05) is 13.0 Å². The molecule has 0 bridgehead atoms. The van der Waals surface area contributed by atoms with Gasteiger partial charge in [0.15, 0.2) is 17.7 Å². The Morgan fingerprint density at radius 2 is 1.76 bits per heavy atom. The van der Waals surface area contributed by atoms with Gasteiger partial charge >= 0.3 is 12.3 Å². The molecule has 3 aromatic rings. The van der Waals surface area contributed by atoms with Crippen LogP contribution < -0.4 is 29.6 Å². The molecule has 3 fully saturated rings. The molecule has 4 amide bonds. The van der Waals surface area contributed by atoms with Crippen LogP contribution in [0.1, 0.15) is 79.6 Å². The van der Waals surface area contributed by atoms with E-state index in [9.17, 15) is 40.8 Å². The molecular formula is C46H55F4N5O10S. The minimum absolute atomic E-state index is 0.0434. The maximum Gasteiger partial charge on any atom is 0.425 e. The van der Waals surface area contributed by atoms with Crippen molar-refractivity contribution in [2.24, 2.45) is 17.8 Å². The predicted octanol–water partition coefficient (Wildman–Crippen LogP) is 6.73. The van der Waals surface area contributed by atoms with Crippen LogP contribution in [0.5, 0.6) is 17.4 Å². The highest BCUT2D eigenvalue weighted by Crippen LogP contribution is 2.46. The van der Waals surface area contributed by atoms with E-state index in [0.29, 0.717) is 66.8 Å². The molecule has 2 aliphatic carbocycles. The number of sulfonamides is 1. The first-order valence-electron chi connectivity index (χ1n) is 22.1. The molecule has 0 unspecified atom stereocenters. The van der Waals surface area contributed by atoms with Gasteiger partial charge in [-0.1, -0.05) is 26.0 Å². The lowest BCUT2D eigenvalue weighted by molar-refractivity contribution is -0.197. The summed E-state index contributed by atoms with van der Waals surface area (Å²) in [6.07, 6.45) is -4.50. The van der Waals surface area contributed by atoms with E-state index in [4.69, 9.17) is 19.2 Å². The fourth-order valence-corrected chi connectivity index (χ4v) is 9.99. The number of hydrogen-bond donors (Lipinski definition) is 3. The van der Waals surface area contributed by atoms with E-state index in [0.717, 1.165) is 4.90 Å². The standard InChI is InChI=1S/C46H55F4N5O10S/c1-24(2)63-38-16-11-28(19-35(38)47)36-20-29-18-31(62-6)12-15-34(29)41(51-36)65-32-21-37-40(56)53-45(43(58)54-66(60,61)33-13-14-33)22-30(45)10-8-7-9-25(3)17-26(4)39(42(57)55(37)23-32)52-44(59)64-27(5)46(48,49)50/h8,10-12,15-16,18-20,24-27,30,32-33,37,39H,7,9,13-14,17,21-23H2,1-6H3,(H,52,59)(H,53,56)(H,54,58)/b10-8-/t25-,26-,27-,30-,32-,37+,39+,45-/m1/s1. The van der Waals surface area contributed by atoms with Gasteiger partial charge in [0.1, 0.15) is 29.5 Å². The zero-order valence-corrected chi connectivity index (χ0v) is 38.3. The van der Waals surface area contributed by atoms with Gasteiger partial charge in [0.25, 0.3) is 5.91 Å². The largest absolute Gasteiger partial charge is 0.497 e. The van der Waals surface area contributed by atoms with Crippen molar-refractivity contribution < 1.29 is 64.1 Å². The van der Waals surface area contributed by atoms with Crippen LogP contribution in [0.15, 0.2) is 54.6 Å². The summed E-state index contributed by atoms with van der Waals surface area (Å²) in [5.74, 6) is -3.97. The number of hydrogen-bond acceptors (Lipinski definition) is 11. The summed E-state index contributed by atoms with van der Waals surface area (Å²) < 4.78 is 106. The smallest absolute Gasteiger partial charge is 0.425 e. The summed E-state index contributed by atoms with van der Waals surface area (Å²) in [4.78, 5) is 62.5. The molecule has 0 spiro atoms. The molecule has 2 aliphatic heterocycles. The molecule has 4 aliphatic rings. The number of amides is 4. The van der Waals surface area contributed by atoms with Crippen molar-refractivity contribution in [3.63, 3.8) is 0 Å². The summed E-state index contributed by atoms with van der Waals surface area (Å²) in [6.45, 7) is 7.47. The molecule has 7 rings (SSSR count). The fourth-order valence-electron chi connectivity index (χ4n) is 8.62. The maximum atomic E-state index is 15.3. The lowest BCUT2D eigenvalue weighted by Crippen LogP contribution is -2.59. The van der Waals surface area contributed by atoms with Crippen molar-refractivity contribution in [2.75, 3.05) is 13.7 Å². The predicted molar refractivity (Wildman–Crippen MR) is 233 cm³/mol. The Balaban J connectivity index is 1.26. The number of carbonyl (C=O) groups is 4. The van der Waals surface area contributed by atoms with E-state index < -0.39 is 92.7 Å². The summed E-state index contributed by atoms with van der Waals surface area (Å²) in [6, 6.07) is 8.29. The van der Waals surface area contributed by atoms with Crippen LogP contribution in [-0.4, -0.2) is 103 Å². The number of pyridine rings is 1. The molecule has 20 heteroatoms. The number of nitrogens with one attached hydrogen (secondary N) is 3.